The third-order valence-electron chi connectivity index (χ3n) is 2.90. The normalized spacial score (nSPS) is 11.8. The van der Waals surface area contributed by atoms with Gasteiger partial charge < -0.3 is 10.6 Å². The quantitative estimate of drug-likeness (QED) is 0.863. The monoisotopic (exact) mass is 270 g/mol. The highest BCUT2D eigenvalue weighted by Crippen LogP contribution is 2.14. The second-order valence-corrected chi connectivity index (χ2v) is 4.68. The van der Waals surface area contributed by atoms with Crippen LogP contribution in [0.3, 0.4) is 0 Å². The molecule has 18 heavy (non-hydrogen) atoms. The van der Waals surface area contributed by atoms with Gasteiger partial charge in [-0.1, -0.05) is 26.0 Å². The lowest BCUT2D eigenvalue weighted by atomic mass is 10.0. The minimum Gasteiger partial charge on any atom is -0.350 e. The molecule has 0 aliphatic rings. The maximum Gasteiger partial charge on any atom is 0.251 e. The van der Waals surface area contributed by atoms with Gasteiger partial charge in [-0.25, -0.2) is 0 Å². The molecule has 3 nitrogen and oxygen atoms in total. The smallest absolute Gasteiger partial charge is 0.251 e. The predicted octanol–water partition coefficient (Wildman–Crippen LogP) is 2.57. The molecule has 1 unspecified atom stereocenters. The molecule has 0 spiro atoms. The zero-order chi connectivity index (χ0) is 12.8. The number of hydrogen-bond acceptors (Lipinski definition) is 2. The SMILES string of the molecule is CNC(C)CNC(=O)c1ccc(C(C)C)cc1.Cl. The van der Waals surface area contributed by atoms with Gasteiger partial charge in [0.2, 0.25) is 0 Å². The van der Waals surface area contributed by atoms with Crippen LogP contribution in [-0.4, -0.2) is 25.5 Å². The summed E-state index contributed by atoms with van der Waals surface area (Å²) >= 11 is 0. The Morgan fingerprint density at radius 3 is 2.17 bits per heavy atom. The fourth-order valence-electron chi connectivity index (χ4n) is 1.47. The van der Waals surface area contributed by atoms with Crippen molar-refractivity contribution in [2.24, 2.45) is 0 Å². The van der Waals surface area contributed by atoms with Crippen LogP contribution in [0.1, 0.15) is 42.6 Å². The van der Waals surface area contributed by atoms with Gasteiger partial charge in [0.05, 0.1) is 0 Å². The van der Waals surface area contributed by atoms with Gasteiger partial charge in [-0.3, -0.25) is 4.79 Å². The van der Waals surface area contributed by atoms with Gasteiger partial charge in [0.15, 0.2) is 0 Å². The maximum atomic E-state index is 11.8. The van der Waals surface area contributed by atoms with E-state index < -0.39 is 0 Å². The second-order valence-electron chi connectivity index (χ2n) is 4.68. The number of amides is 1. The zero-order valence-corrected chi connectivity index (χ0v) is 12.3. The molecule has 1 atom stereocenters. The average molecular weight is 271 g/mol. The molecule has 0 aromatic heterocycles. The Morgan fingerprint density at radius 2 is 1.72 bits per heavy atom. The van der Waals surface area contributed by atoms with Crippen LogP contribution < -0.4 is 10.6 Å². The van der Waals surface area contributed by atoms with Crippen LogP contribution in [0.4, 0.5) is 0 Å². The summed E-state index contributed by atoms with van der Waals surface area (Å²) in [6, 6.07) is 8.08. The molecular weight excluding hydrogens is 248 g/mol. The van der Waals surface area contributed by atoms with E-state index in [0.717, 1.165) is 5.56 Å². The van der Waals surface area contributed by atoms with E-state index >= 15 is 0 Å². The molecule has 0 radical (unpaired) electrons. The number of carbonyl (C=O) groups excluding carboxylic acids is 1. The van der Waals surface area contributed by atoms with Crippen molar-refractivity contribution in [2.75, 3.05) is 13.6 Å². The van der Waals surface area contributed by atoms with Crippen LogP contribution in [0, 0.1) is 0 Å². The Bertz CT molecular complexity index is 363. The van der Waals surface area contributed by atoms with Gasteiger partial charge in [0.1, 0.15) is 0 Å². The predicted molar refractivity (Wildman–Crippen MR) is 78.6 cm³/mol. The zero-order valence-electron chi connectivity index (χ0n) is 11.5. The van der Waals surface area contributed by atoms with Gasteiger partial charge in [-0.15, -0.1) is 12.4 Å². The Morgan fingerprint density at radius 1 is 1.17 bits per heavy atom. The van der Waals surface area contributed by atoms with Gasteiger partial charge in [-0.2, -0.15) is 0 Å². The van der Waals surface area contributed by atoms with Crippen LogP contribution in [-0.2, 0) is 0 Å². The van der Waals surface area contributed by atoms with Crippen LogP contribution in [0.2, 0.25) is 0 Å². The van der Waals surface area contributed by atoms with Crippen molar-refractivity contribution in [3.8, 4) is 0 Å². The molecule has 0 aliphatic heterocycles. The number of benzene rings is 1. The van der Waals surface area contributed by atoms with E-state index in [1.807, 2.05) is 38.2 Å². The molecule has 0 saturated carbocycles. The second kappa shape index (κ2) is 8.11. The van der Waals surface area contributed by atoms with Crippen LogP contribution in [0.15, 0.2) is 24.3 Å². The molecular formula is C14H23ClN2O. The minimum absolute atomic E-state index is 0. The fraction of sp³-hybridized carbons (Fsp3) is 0.500. The van der Waals surface area contributed by atoms with E-state index in [-0.39, 0.29) is 24.4 Å². The lowest BCUT2D eigenvalue weighted by Crippen LogP contribution is -2.37. The lowest BCUT2D eigenvalue weighted by Gasteiger charge is -2.12. The molecule has 1 rings (SSSR count). The van der Waals surface area contributed by atoms with E-state index in [4.69, 9.17) is 0 Å². The van der Waals surface area contributed by atoms with Crippen LogP contribution in [0.25, 0.3) is 0 Å². The topological polar surface area (TPSA) is 41.1 Å². The van der Waals surface area contributed by atoms with E-state index in [0.29, 0.717) is 12.5 Å². The van der Waals surface area contributed by atoms with Crippen LogP contribution in [0.5, 0.6) is 0 Å². The number of nitrogens with one attached hydrogen (secondary N) is 2. The fourth-order valence-corrected chi connectivity index (χ4v) is 1.47. The summed E-state index contributed by atoms with van der Waals surface area (Å²) in [5.74, 6) is 0.485. The van der Waals surface area contributed by atoms with Crippen molar-refractivity contribution < 1.29 is 4.79 Å². The molecule has 0 bridgehead atoms. The van der Waals surface area contributed by atoms with Crippen molar-refractivity contribution in [1.29, 1.82) is 0 Å². The number of rotatable bonds is 5. The summed E-state index contributed by atoms with van der Waals surface area (Å²) in [6.07, 6.45) is 0. The number of hydrogen-bond donors (Lipinski definition) is 2. The molecule has 0 heterocycles. The van der Waals surface area contributed by atoms with Crippen molar-refractivity contribution in [2.45, 2.75) is 32.7 Å². The number of halogens is 1. The highest BCUT2D eigenvalue weighted by Gasteiger charge is 2.07. The minimum atomic E-state index is -0.0117. The van der Waals surface area contributed by atoms with Crippen molar-refractivity contribution >= 4 is 18.3 Å². The summed E-state index contributed by atoms with van der Waals surface area (Å²) in [5.41, 5.74) is 1.97. The molecule has 0 aliphatic carbocycles. The summed E-state index contributed by atoms with van der Waals surface area (Å²) in [6.45, 7) is 6.96. The van der Waals surface area contributed by atoms with E-state index in [1.54, 1.807) is 0 Å². The number of likely N-dealkylation sites (N-methyl/N-ethyl adjacent to an activating group) is 1. The highest BCUT2D eigenvalue weighted by molar-refractivity contribution is 5.94. The highest BCUT2D eigenvalue weighted by atomic mass is 35.5. The summed E-state index contributed by atoms with van der Waals surface area (Å²) in [4.78, 5) is 11.8. The first-order valence-electron chi connectivity index (χ1n) is 6.10. The first-order chi connectivity index (χ1) is 8.04. The Hall–Kier alpha value is -1.06. The molecule has 2 N–H and O–H groups in total. The molecule has 1 aromatic carbocycles. The van der Waals surface area contributed by atoms with Gasteiger partial charge in [0.25, 0.3) is 5.91 Å². The van der Waals surface area contributed by atoms with Gasteiger partial charge >= 0.3 is 0 Å². The lowest BCUT2D eigenvalue weighted by molar-refractivity contribution is 0.0950. The van der Waals surface area contributed by atoms with E-state index in [1.165, 1.54) is 5.56 Å². The van der Waals surface area contributed by atoms with Gasteiger partial charge in [0, 0.05) is 18.2 Å². The third-order valence-corrected chi connectivity index (χ3v) is 2.90. The summed E-state index contributed by atoms with van der Waals surface area (Å²) < 4.78 is 0. The molecule has 0 fully saturated rings. The first kappa shape index (κ1) is 16.9. The standard InChI is InChI=1S/C14H22N2O.ClH/c1-10(2)12-5-7-13(8-6-12)14(17)16-9-11(3)15-4;/h5-8,10-11,15H,9H2,1-4H3,(H,16,17);1H. The molecule has 4 heteroatoms. The molecule has 1 amide bonds. The Labute approximate surface area is 116 Å². The van der Waals surface area contributed by atoms with Crippen molar-refractivity contribution in [3.05, 3.63) is 35.4 Å². The number of carbonyl (C=O) groups is 1. The molecule has 102 valence electrons. The van der Waals surface area contributed by atoms with E-state index in [9.17, 15) is 4.79 Å². The van der Waals surface area contributed by atoms with Crippen molar-refractivity contribution in [1.82, 2.24) is 10.6 Å². The summed E-state index contributed by atoms with van der Waals surface area (Å²) in [7, 11) is 1.88. The average Bonchev–Trinajstić information content (AvgIpc) is 2.35. The third kappa shape index (κ3) is 5.07. The molecule has 0 saturated heterocycles. The summed E-state index contributed by atoms with van der Waals surface area (Å²) in [5, 5.41) is 5.98. The van der Waals surface area contributed by atoms with Crippen LogP contribution >= 0.6 is 12.4 Å². The largest absolute Gasteiger partial charge is 0.350 e. The first-order valence-corrected chi connectivity index (χ1v) is 6.10. The molecule has 1 aromatic rings. The maximum absolute atomic E-state index is 11.8. The Kier molecular flexibility index (Phi) is 7.64. The Balaban J connectivity index is 0.00000289. The van der Waals surface area contributed by atoms with Gasteiger partial charge in [-0.05, 0) is 37.6 Å². The van der Waals surface area contributed by atoms with Crippen molar-refractivity contribution in [3.63, 3.8) is 0 Å². The van der Waals surface area contributed by atoms with E-state index in [2.05, 4.69) is 24.5 Å².